The summed E-state index contributed by atoms with van der Waals surface area (Å²) in [6, 6.07) is 3.89. The van der Waals surface area contributed by atoms with Crippen LogP contribution in [-0.4, -0.2) is 10.2 Å². The van der Waals surface area contributed by atoms with Crippen molar-refractivity contribution in [2.24, 2.45) is 0 Å². The van der Waals surface area contributed by atoms with Crippen molar-refractivity contribution in [1.29, 1.82) is 0 Å². The highest BCUT2D eigenvalue weighted by Gasteiger charge is 1.82. The molecule has 0 atom stereocenters. The zero-order chi connectivity index (χ0) is 5.98. The number of aromatic nitrogens is 2. The summed E-state index contributed by atoms with van der Waals surface area (Å²) < 4.78 is 0. The first-order valence-electron chi connectivity index (χ1n) is 2.56. The van der Waals surface area contributed by atoms with Crippen molar-refractivity contribution in [2.75, 3.05) is 0 Å². The molecule has 0 aliphatic carbocycles. The molecule has 0 aliphatic heterocycles. The maximum atomic E-state index is 3.83. The van der Waals surface area contributed by atoms with Crippen LogP contribution in [-0.2, 0) is 0 Å². The van der Waals surface area contributed by atoms with E-state index in [0.29, 0.717) is 0 Å². The van der Waals surface area contributed by atoms with Gasteiger partial charge < -0.3 is 0 Å². The van der Waals surface area contributed by atoms with Crippen molar-refractivity contribution in [2.45, 2.75) is 21.3 Å². The molecule has 0 spiro atoms. The first kappa shape index (κ1) is 8.08. The van der Waals surface area contributed by atoms with Gasteiger partial charge in [0.1, 0.15) is 0 Å². The van der Waals surface area contributed by atoms with Crippen molar-refractivity contribution >= 4 is 0 Å². The molecule has 0 N–H and O–H groups in total. The Morgan fingerprint density at radius 3 is 1.56 bits per heavy atom. The topological polar surface area (TPSA) is 25.8 Å². The van der Waals surface area contributed by atoms with Crippen LogP contribution in [0.1, 0.15) is 18.8 Å². The van der Waals surface area contributed by atoms with E-state index < -0.39 is 0 Å². The maximum Gasteiger partial charge on any atom is 0.0600 e. The molecule has 1 rings (SSSR count). The maximum absolute atomic E-state index is 3.83. The van der Waals surface area contributed by atoms with E-state index in [2.05, 4.69) is 10.2 Å². The van der Waals surface area contributed by atoms with Gasteiger partial charge in [-0.3, -0.25) is 0 Å². The molecule has 0 fully saturated rings. The third kappa shape index (κ3) is 2.22. The first-order chi connectivity index (χ1) is 3.79. The highest BCUT2D eigenvalue weighted by molar-refractivity contribution is 5.02. The van der Waals surface area contributed by atoms with E-state index in [0.717, 1.165) is 11.4 Å². The van der Waals surface area contributed by atoms with Crippen LogP contribution in [0, 0.1) is 13.8 Å². The second kappa shape index (κ2) is 3.17. The average molecular weight is 124 g/mol. The van der Waals surface area contributed by atoms with Crippen molar-refractivity contribution in [1.82, 2.24) is 10.2 Å². The molecule has 0 unspecified atom stereocenters. The summed E-state index contributed by atoms with van der Waals surface area (Å²) in [6.45, 7) is 3.85. The van der Waals surface area contributed by atoms with Crippen LogP contribution in [0.15, 0.2) is 12.1 Å². The van der Waals surface area contributed by atoms with Gasteiger partial charge in [-0.1, -0.05) is 7.43 Å². The molecule has 2 heteroatoms. The van der Waals surface area contributed by atoms with Crippen LogP contribution < -0.4 is 0 Å². The lowest BCUT2D eigenvalue weighted by atomic mass is 10.4. The molecule has 0 radical (unpaired) electrons. The average Bonchev–Trinajstić information content (AvgIpc) is 1.77. The van der Waals surface area contributed by atoms with Crippen LogP contribution in [0.5, 0.6) is 0 Å². The molecule has 0 amide bonds. The molecule has 0 aliphatic rings. The monoisotopic (exact) mass is 124 g/mol. The van der Waals surface area contributed by atoms with E-state index in [-0.39, 0.29) is 7.43 Å². The van der Waals surface area contributed by atoms with Crippen LogP contribution in [0.25, 0.3) is 0 Å². The van der Waals surface area contributed by atoms with E-state index in [9.17, 15) is 0 Å². The minimum atomic E-state index is 0. The molecular formula is C7H12N2. The second-order valence-corrected chi connectivity index (χ2v) is 1.82. The van der Waals surface area contributed by atoms with Gasteiger partial charge >= 0.3 is 0 Å². The molecule has 0 saturated heterocycles. The highest BCUT2D eigenvalue weighted by atomic mass is 15.1. The first-order valence-corrected chi connectivity index (χ1v) is 2.56. The van der Waals surface area contributed by atoms with Crippen molar-refractivity contribution < 1.29 is 0 Å². The highest BCUT2D eigenvalue weighted by Crippen LogP contribution is 1.90. The van der Waals surface area contributed by atoms with Crippen LogP contribution >= 0.6 is 0 Å². The fraction of sp³-hybridized carbons (Fsp3) is 0.429. The Morgan fingerprint density at radius 2 is 1.33 bits per heavy atom. The van der Waals surface area contributed by atoms with Gasteiger partial charge in [0.25, 0.3) is 0 Å². The van der Waals surface area contributed by atoms with Crippen LogP contribution in [0.3, 0.4) is 0 Å². The zero-order valence-corrected chi connectivity index (χ0v) is 5.05. The van der Waals surface area contributed by atoms with E-state index >= 15 is 0 Å². The fourth-order valence-electron chi connectivity index (χ4n) is 0.466. The smallest absolute Gasteiger partial charge is 0.0600 e. The SMILES string of the molecule is C.Cc1ccc(C)nn1. The largest absolute Gasteiger partial charge is 0.156 e. The summed E-state index contributed by atoms with van der Waals surface area (Å²) in [5.74, 6) is 0. The summed E-state index contributed by atoms with van der Waals surface area (Å²) in [6.07, 6.45) is 0. The Labute approximate surface area is 55.9 Å². The Balaban J connectivity index is 0.000000640. The molecule has 50 valence electrons. The Hall–Kier alpha value is -0.920. The van der Waals surface area contributed by atoms with Gasteiger partial charge in [-0.15, -0.1) is 0 Å². The van der Waals surface area contributed by atoms with Crippen LogP contribution in [0.4, 0.5) is 0 Å². The molecule has 1 aromatic rings. The minimum absolute atomic E-state index is 0. The number of aryl methyl sites for hydroxylation is 2. The van der Waals surface area contributed by atoms with Gasteiger partial charge in [-0.25, -0.2) is 0 Å². The molecule has 9 heavy (non-hydrogen) atoms. The third-order valence-corrected chi connectivity index (χ3v) is 0.931. The predicted molar refractivity (Wildman–Crippen MR) is 38.2 cm³/mol. The lowest BCUT2D eigenvalue weighted by Gasteiger charge is -1.87. The standard InChI is InChI=1S/C6H8N2.CH4/c1-5-3-4-6(2)8-7-5;/h3-4H,1-2H3;1H4. The van der Waals surface area contributed by atoms with Gasteiger partial charge in [-0.2, -0.15) is 10.2 Å². The normalized spacial score (nSPS) is 8.22. The number of hydrogen-bond donors (Lipinski definition) is 0. The van der Waals surface area contributed by atoms with Crippen LogP contribution in [0.2, 0.25) is 0 Å². The lowest BCUT2D eigenvalue weighted by molar-refractivity contribution is 0.941. The molecule has 0 saturated carbocycles. The summed E-state index contributed by atoms with van der Waals surface area (Å²) in [5.41, 5.74) is 1.94. The van der Waals surface area contributed by atoms with E-state index in [1.807, 2.05) is 26.0 Å². The number of rotatable bonds is 0. The van der Waals surface area contributed by atoms with E-state index in [1.54, 1.807) is 0 Å². The quantitative estimate of drug-likeness (QED) is 0.526. The molecule has 0 aromatic carbocycles. The molecule has 0 bridgehead atoms. The van der Waals surface area contributed by atoms with Gasteiger partial charge in [0.15, 0.2) is 0 Å². The number of hydrogen-bond acceptors (Lipinski definition) is 2. The second-order valence-electron chi connectivity index (χ2n) is 1.82. The van der Waals surface area contributed by atoms with E-state index in [4.69, 9.17) is 0 Å². The lowest BCUT2D eigenvalue weighted by Crippen LogP contribution is -1.86. The summed E-state index contributed by atoms with van der Waals surface area (Å²) >= 11 is 0. The Kier molecular flexibility index (Phi) is 2.85. The number of nitrogens with zero attached hydrogens (tertiary/aromatic N) is 2. The summed E-state index contributed by atoms with van der Waals surface area (Å²) in [7, 11) is 0. The van der Waals surface area contributed by atoms with Gasteiger partial charge in [0.05, 0.1) is 11.4 Å². The van der Waals surface area contributed by atoms with Crippen molar-refractivity contribution in [3.63, 3.8) is 0 Å². The molecule has 2 nitrogen and oxygen atoms in total. The minimum Gasteiger partial charge on any atom is -0.156 e. The Bertz CT molecular complexity index is 146. The molecular weight excluding hydrogens is 112 g/mol. The molecule has 1 aromatic heterocycles. The van der Waals surface area contributed by atoms with E-state index in [1.165, 1.54) is 0 Å². The van der Waals surface area contributed by atoms with Crippen molar-refractivity contribution in [3.05, 3.63) is 23.5 Å². The fourth-order valence-corrected chi connectivity index (χ4v) is 0.466. The zero-order valence-electron chi connectivity index (χ0n) is 5.05. The summed E-state index contributed by atoms with van der Waals surface area (Å²) in [5, 5.41) is 7.66. The van der Waals surface area contributed by atoms with Gasteiger partial charge in [0, 0.05) is 0 Å². The third-order valence-electron chi connectivity index (χ3n) is 0.931. The molecule has 1 heterocycles. The predicted octanol–water partition coefficient (Wildman–Crippen LogP) is 1.73. The summed E-state index contributed by atoms with van der Waals surface area (Å²) in [4.78, 5) is 0. The van der Waals surface area contributed by atoms with Gasteiger partial charge in [-0.05, 0) is 26.0 Å². The van der Waals surface area contributed by atoms with Crippen molar-refractivity contribution in [3.8, 4) is 0 Å². The Morgan fingerprint density at radius 1 is 1.00 bits per heavy atom. The van der Waals surface area contributed by atoms with Gasteiger partial charge in [0.2, 0.25) is 0 Å².